The van der Waals surface area contributed by atoms with Crippen molar-refractivity contribution in [3.63, 3.8) is 0 Å². The number of amides is 1. The van der Waals surface area contributed by atoms with Gasteiger partial charge < -0.3 is 5.32 Å². The van der Waals surface area contributed by atoms with Crippen molar-refractivity contribution in [1.29, 1.82) is 0 Å². The molecule has 0 heterocycles. The van der Waals surface area contributed by atoms with E-state index in [1.807, 2.05) is 43.3 Å². The van der Waals surface area contributed by atoms with E-state index in [-0.39, 0.29) is 16.1 Å². The maximum absolute atomic E-state index is 12.2. The molecule has 140 valence electrons. The van der Waals surface area contributed by atoms with Gasteiger partial charge in [0, 0.05) is 26.4 Å². The third kappa shape index (κ3) is 5.59. The maximum Gasteiger partial charge on any atom is 0.242 e. The van der Waals surface area contributed by atoms with Crippen LogP contribution in [0.4, 0.5) is 0 Å². The van der Waals surface area contributed by atoms with Crippen molar-refractivity contribution in [2.24, 2.45) is 0 Å². The number of nitrogens with one attached hydrogen (secondary N) is 1. The van der Waals surface area contributed by atoms with E-state index in [1.165, 1.54) is 30.2 Å². The first-order chi connectivity index (χ1) is 12.3. The summed E-state index contributed by atoms with van der Waals surface area (Å²) >= 11 is 1.48. The Morgan fingerprint density at radius 3 is 2.38 bits per heavy atom. The molecule has 0 saturated heterocycles. The Balaban J connectivity index is 1.90. The molecule has 1 unspecified atom stereocenters. The minimum Gasteiger partial charge on any atom is -0.351 e. The molecular formula is C19H24N2O3S2. The highest BCUT2D eigenvalue weighted by molar-refractivity contribution is 7.99. The molecule has 7 heteroatoms. The largest absolute Gasteiger partial charge is 0.351 e. The van der Waals surface area contributed by atoms with Crippen molar-refractivity contribution in [2.45, 2.75) is 29.4 Å². The van der Waals surface area contributed by atoms with Crippen molar-refractivity contribution < 1.29 is 13.2 Å². The highest BCUT2D eigenvalue weighted by Gasteiger charge is 2.18. The molecule has 0 aliphatic heterocycles. The summed E-state index contributed by atoms with van der Waals surface area (Å²) in [5.41, 5.74) is 1.93. The Hall–Kier alpha value is -1.83. The number of hydrogen-bond acceptors (Lipinski definition) is 4. The lowest BCUT2D eigenvalue weighted by molar-refractivity contribution is -0.120. The van der Waals surface area contributed by atoms with Gasteiger partial charge in [0.1, 0.15) is 0 Å². The Kier molecular flexibility index (Phi) is 7.25. The Bertz CT molecular complexity index is 837. The fourth-order valence-electron chi connectivity index (χ4n) is 2.23. The number of benzene rings is 2. The van der Waals surface area contributed by atoms with Gasteiger partial charge in [0.15, 0.2) is 0 Å². The number of carbonyl (C=O) groups excluding carboxylic acids is 1. The summed E-state index contributed by atoms with van der Waals surface area (Å²) in [6.45, 7) is 2.35. The van der Waals surface area contributed by atoms with Crippen molar-refractivity contribution in [3.05, 3.63) is 65.7 Å². The molecule has 0 bridgehead atoms. The van der Waals surface area contributed by atoms with Crippen LogP contribution >= 0.6 is 11.8 Å². The molecule has 0 radical (unpaired) electrons. The molecule has 0 fully saturated rings. The molecule has 1 amide bonds. The van der Waals surface area contributed by atoms with Crippen LogP contribution < -0.4 is 5.32 Å². The second-order valence-corrected chi connectivity index (χ2v) is 9.57. The first-order valence-electron chi connectivity index (χ1n) is 8.25. The molecular weight excluding hydrogens is 368 g/mol. The minimum absolute atomic E-state index is 0.0316. The second-order valence-electron chi connectivity index (χ2n) is 6.09. The summed E-state index contributed by atoms with van der Waals surface area (Å²) in [6, 6.07) is 16.6. The lowest BCUT2D eigenvalue weighted by Gasteiger charge is -2.14. The SMILES string of the molecule is CC(SCc1cccc(S(=O)(=O)N(C)C)c1)C(=O)NCc1ccccc1. The smallest absolute Gasteiger partial charge is 0.242 e. The van der Waals surface area contributed by atoms with Crippen LogP contribution in [-0.4, -0.2) is 38.0 Å². The van der Waals surface area contributed by atoms with E-state index < -0.39 is 10.0 Å². The van der Waals surface area contributed by atoms with Crippen molar-refractivity contribution in [1.82, 2.24) is 9.62 Å². The number of rotatable bonds is 8. The van der Waals surface area contributed by atoms with E-state index >= 15 is 0 Å². The first-order valence-corrected chi connectivity index (χ1v) is 10.7. The zero-order valence-electron chi connectivity index (χ0n) is 15.2. The number of thioether (sulfide) groups is 1. The predicted octanol–water partition coefficient (Wildman–Crippen LogP) is 2.88. The Labute approximate surface area is 159 Å². The highest BCUT2D eigenvalue weighted by atomic mass is 32.2. The topological polar surface area (TPSA) is 66.5 Å². The number of hydrogen-bond donors (Lipinski definition) is 1. The van der Waals surface area contributed by atoms with Gasteiger partial charge in [-0.15, -0.1) is 11.8 Å². The zero-order chi connectivity index (χ0) is 19.2. The van der Waals surface area contributed by atoms with Crippen LogP contribution in [0.15, 0.2) is 59.5 Å². The van der Waals surface area contributed by atoms with Gasteiger partial charge in [-0.25, -0.2) is 12.7 Å². The van der Waals surface area contributed by atoms with Crippen LogP contribution in [0.3, 0.4) is 0 Å². The highest BCUT2D eigenvalue weighted by Crippen LogP contribution is 2.21. The maximum atomic E-state index is 12.2. The Morgan fingerprint density at radius 2 is 1.73 bits per heavy atom. The van der Waals surface area contributed by atoms with Gasteiger partial charge in [0.25, 0.3) is 0 Å². The van der Waals surface area contributed by atoms with Crippen molar-refractivity contribution in [2.75, 3.05) is 14.1 Å². The summed E-state index contributed by atoms with van der Waals surface area (Å²) in [5, 5.41) is 2.69. The summed E-state index contributed by atoms with van der Waals surface area (Å²) in [5.74, 6) is 0.535. The zero-order valence-corrected chi connectivity index (χ0v) is 16.8. The fraction of sp³-hybridized carbons (Fsp3) is 0.316. The molecule has 2 rings (SSSR count). The summed E-state index contributed by atoms with van der Waals surface area (Å²) in [4.78, 5) is 12.5. The predicted molar refractivity (Wildman–Crippen MR) is 106 cm³/mol. The van der Waals surface area contributed by atoms with E-state index in [0.717, 1.165) is 11.1 Å². The molecule has 2 aromatic rings. The van der Waals surface area contributed by atoms with Crippen molar-refractivity contribution >= 4 is 27.7 Å². The molecule has 26 heavy (non-hydrogen) atoms. The molecule has 1 atom stereocenters. The molecule has 0 aromatic heterocycles. The number of nitrogens with zero attached hydrogens (tertiary/aromatic N) is 1. The van der Waals surface area contributed by atoms with Crippen LogP contribution in [0, 0.1) is 0 Å². The first kappa shape index (κ1) is 20.5. The quantitative estimate of drug-likeness (QED) is 0.750. The van der Waals surface area contributed by atoms with Gasteiger partial charge >= 0.3 is 0 Å². The van der Waals surface area contributed by atoms with E-state index in [0.29, 0.717) is 12.3 Å². The van der Waals surface area contributed by atoms with E-state index in [2.05, 4.69) is 5.32 Å². The summed E-state index contributed by atoms with van der Waals surface area (Å²) in [6.07, 6.45) is 0. The fourth-order valence-corrected chi connectivity index (χ4v) is 4.06. The third-order valence-corrected chi connectivity index (χ3v) is 6.88. The molecule has 1 N–H and O–H groups in total. The monoisotopic (exact) mass is 392 g/mol. The lowest BCUT2D eigenvalue weighted by Crippen LogP contribution is -2.30. The summed E-state index contributed by atoms with van der Waals surface area (Å²) in [7, 11) is -0.429. The molecule has 0 aliphatic rings. The average Bonchev–Trinajstić information content (AvgIpc) is 2.65. The molecule has 2 aromatic carbocycles. The van der Waals surface area contributed by atoms with Crippen LogP contribution in [-0.2, 0) is 27.1 Å². The molecule has 0 saturated carbocycles. The van der Waals surface area contributed by atoms with Crippen LogP contribution in [0.5, 0.6) is 0 Å². The summed E-state index contributed by atoms with van der Waals surface area (Å²) < 4.78 is 25.6. The minimum atomic E-state index is -3.45. The van der Waals surface area contributed by atoms with Crippen LogP contribution in [0.2, 0.25) is 0 Å². The van der Waals surface area contributed by atoms with Crippen LogP contribution in [0.25, 0.3) is 0 Å². The van der Waals surface area contributed by atoms with Gasteiger partial charge in [-0.05, 0) is 30.2 Å². The second kappa shape index (κ2) is 9.21. The van der Waals surface area contributed by atoms with Gasteiger partial charge in [0.05, 0.1) is 10.1 Å². The molecule has 0 spiro atoms. The van der Waals surface area contributed by atoms with Crippen molar-refractivity contribution in [3.8, 4) is 0 Å². The normalized spacial score (nSPS) is 12.8. The van der Waals surface area contributed by atoms with Gasteiger partial charge in [-0.3, -0.25) is 4.79 Å². The number of sulfonamides is 1. The molecule has 0 aliphatic carbocycles. The average molecular weight is 393 g/mol. The van der Waals surface area contributed by atoms with E-state index in [9.17, 15) is 13.2 Å². The van der Waals surface area contributed by atoms with Crippen LogP contribution in [0.1, 0.15) is 18.1 Å². The molecule has 5 nitrogen and oxygen atoms in total. The lowest BCUT2D eigenvalue weighted by atomic mass is 10.2. The van der Waals surface area contributed by atoms with Gasteiger partial charge in [0.2, 0.25) is 15.9 Å². The van der Waals surface area contributed by atoms with Gasteiger partial charge in [-0.2, -0.15) is 0 Å². The third-order valence-electron chi connectivity index (χ3n) is 3.86. The van der Waals surface area contributed by atoms with E-state index in [1.54, 1.807) is 18.2 Å². The van der Waals surface area contributed by atoms with Gasteiger partial charge in [-0.1, -0.05) is 42.5 Å². The number of carbonyl (C=O) groups is 1. The Morgan fingerprint density at radius 1 is 1.08 bits per heavy atom. The standard InChI is InChI=1S/C19H24N2O3S2/c1-15(19(22)20-13-16-8-5-4-6-9-16)25-14-17-10-7-11-18(12-17)26(23,24)21(2)3/h4-12,15H,13-14H2,1-3H3,(H,20,22). The van der Waals surface area contributed by atoms with E-state index in [4.69, 9.17) is 0 Å².